The number of hydrogen-bond donors (Lipinski definition) is 0. The monoisotopic (exact) mass is 183 g/mol. The minimum absolute atomic E-state index is 0. The van der Waals surface area contributed by atoms with Crippen molar-refractivity contribution >= 4 is 0 Å². The van der Waals surface area contributed by atoms with Crippen molar-refractivity contribution in [1.29, 1.82) is 0 Å². The van der Waals surface area contributed by atoms with Crippen LogP contribution >= 0.6 is 0 Å². The Kier molecular flexibility index (Phi) is 6.20. The molecule has 0 saturated heterocycles. The summed E-state index contributed by atoms with van der Waals surface area (Å²) in [6.07, 6.45) is 0. The number of benzene rings is 1. The first-order valence-electron chi connectivity index (χ1n) is 4.75. The van der Waals surface area contributed by atoms with Gasteiger partial charge in [0.2, 0.25) is 0 Å². The van der Waals surface area contributed by atoms with E-state index in [1.807, 2.05) is 0 Å². The molecule has 1 rings (SSSR count). The molecule has 0 spiro atoms. The van der Waals surface area contributed by atoms with E-state index in [2.05, 4.69) is 57.1 Å². The van der Waals surface area contributed by atoms with Crippen molar-refractivity contribution in [2.75, 3.05) is 14.1 Å². The molecule has 0 saturated carbocycles. The largest absolute Gasteiger partial charge is 1.00 e. The Labute approximate surface area is 99.7 Å². The molecule has 2 heteroatoms. The Balaban J connectivity index is 0.00000169. The zero-order chi connectivity index (χ0) is 9.84. The van der Waals surface area contributed by atoms with Gasteiger partial charge in [0.1, 0.15) is 0 Å². The fourth-order valence-corrected chi connectivity index (χ4v) is 1.31. The quantitative estimate of drug-likeness (QED) is 0.458. The molecule has 0 N–H and O–H groups in total. The fraction of sp³-hybridized carbons (Fsp3) is 0.500. The molecule has 14 heavy (non-hydrogen) atoms. The first-order chi connectivity index (χ1) is 6.09. The van der Waals surface area contributed by atoms with E-state index in [1.165, 1.54) is 11.1 Å². The van der Waals surface area contributed by atoms with Gasteiger partial charge >= 0.3 is 18.9 Å². The van der Waals surface area contributed by atoms with Gasteiger partial charge in [0.25, 0.3) is 0 Å². The predicted octanol–water partition coefficient (Wildman–Crippen LogP) is -0.324. The van der Waals surface area contributed by atoms with Crippen molar-refractivity contribution in [3.8, 4) is 0 Å². The summed E-state index contributed by atoms with van der Waals surface area (Å²) >= 11 is 0. The Morgan fingerprint density at radius 3 is 2.43 bits per heavy atom. The molecule has 0 aliphatic rings. The molecule has 0 aliphatic heterocycles. The third-order valence-electron chi connectivity index (χ3n) is 1.99. The summed E-state index contributed by atoms with van der Waals surface area (Å²) in [4.78, 5) is 2.16. The normalized spacial score (nSPS) is 10.4. The van der Waals surface area contributed by atoms with Crippen LogP contribution in [-0.2, 0) is 6.54 Å². The van der Waals surface area contributed by atoms with Gasteiger partial charge in [-0.1, -0.05) is 13.8 Å². The van der Waals surface area contributed by atoms with Gasteiger partial charge in [-0.25, -0.2) is 0 Å². The summed E-state index contributed by atoms with van der Waals surface area (Å²) in [5, 5.41) is 0. The molecular weight excluding hydrogens is 165 g/mol. The third kappa shape index (κ3) is 4.33. The fourth-order valence-electron chi connectivity index (χ4n) is 1.31. The Bertz CT molecular complexity index is 269. The van der Waals surface area contributed by atoms with E-state index in [4.69, 9.17) is 0 Å². The molecule has 0 aliphatic carbocycles. The summed E-state index contributed by atoms with van der Waals surface area (Å²) in [5.74, 6) is 0.571. The molecule has 0 fully saturated rings. The molecule has 0 aromatic heterocycles. The van der Waals surface area contributed by atoms with Crippen LogP contribution in [-0.4, -0.2) is 19.0 Å². The molecule has 1 aromatic carbocycles. The van der Waals surface area contributed by atoms with E-state index in [-0.39, 0.29) is 18.9 Å². The van der Waals surface area contributed by atoms with Gasteiger partial charge in [-0.15, -0.1) is 5.56 Å². The maximum Gasteiger partial charge on any atom is 1.00 e. The molecular formula is C12H18LiN. The van der Waals surface area contributed by atoms with Gasteiger partial charge in [-0.2, -0.15) is 29.8 Å². The molecule has 0 bridgehead atoms. The van der Waals surface area contributed by atoms with E-state index in [1.54, 1.807) is 0 Å². The molecule has 1 nitrogen and oxygen atoms in total. The smallest absolute Gasteiger partial charge is 0.307 e. The van der Waals surface area contributed by atoms with Gasteiger partial charge in [0, 0.05) is 6.54 Å². The van der Waals surface area contributed by atoms with Crippen molar-refractivity contribution in [3.63, 3.8) is 0 Å². The van der Waals surface area contributed by atoms with Gasteiger partial charge < -0.3 is 4.90 Å². The average Bonchev–Trinajstić information content (AvgIpc) is 2.03. The number of nitrogens with zero attached hydrogens (tertiary/aromatic N) is 1. The minimum atomic E-state index is 0. The van der Waals surface area contributed by atoms with Crippen molar-refractivity contribution in [1.82, 2.24) is 4.90 Å². The maximum absolute atomic E-state index is 3.43. The van der Waals surface area contributed by atoms with Crippen LogP contribution in [0.5, 0.6) is 0 Å². The van der Waals surface area contributed by atoms with Crippen LogP contribution in [0.15, 0.2) is 18.2 Å². The summed E-state index contributed by atoms with van der Waals surface area (Å²) in [6, 6.07) is 9.82. The first kappa shape index (κ1) is 13.8. The van der Waals surface area contributed by atoms with Crippen LogP contribution in [0.1, 0.15) is 30.9 Å². The van der Waals surface area contributed by atoms with Crippen molar-refractivity contribution in [2.45, 2.75) is 26.3 Å². The summed E-state index contributed by atoms with van der Waals surface area (Å²) < 4.78 is 0. The van der Waals surface area contributed by atoms with E-state index < -0.39 is 0 Å². The van der Waals surface area contributed by atoms with Crippen LogP contribution < -0.4 is 18.9 Å². The van der Waals surface area contributed by atoms with Gasteiger partial charge in [-0.05, 0) is 20.0 Å². The molecule has 1 aromatic rings. The van der Waals surface area contributed by atoms with Crippen molar-refractivity contribution < 1.29 is 18.9 Å². The topological polar surface area (TPSA) is 3.24 Å². The van der Waals surface area contributed by atoms with Crippen LogP contribution in [0.4, 0.5) is 0 Å². The maximum atomic E-state index is 3.43. The zero-order valence-electron chi connectivity index (χ0n) is 9.96. The van der Waals surface area contributed by atoms with Crippen LogP contribution in [0, 0.1) is 6.07 Å². The predicted molar refractivity (Wildman–Crippen MR) is 56.8 cm³/mol. The minimum Gasteiger partial charge on any atom is -0.307 e. The summed E-state index contributed by atoms with van der Waals surface area (Å²) in [5.41, 5.74) is 2.58. The molecule has 0 heterocycles. The average molecular weight is 183 g/mol. The van der Waals surface area contributed by atoms with E-state index in [0.717, 1.165) is 6.54 Å². The molecule has 0 amide bonds. The number of hydrogen-bond acceptors (Lipinski definition) is 1. The second-order valence-corrected chi connectivity index (χ2v) is 4.02. The SMILES string of the molecule is CC(C)c1[c-]c(CN(C)C)ccc1.[Li+]. The molecule has 0 atom stereocenters. The molecule has 0 radical (unpaired) electrons. The standard InChI is InChI=1S/C12H18N.Li/c1-10(2)12-7-5-6-11(8-12)9-13(3)4;/h5-7,10H,9H2,1-4H3;/q-1;+1. The van der Waals surface area contributed by atoms with Gasteiger partial charge in [-0.3, -0.25) is 0 Å². The first-order valence-corrected chi connectivity index (χ1v) is 4.75. The second-order valence-electron chi connectivity index (χ2n) is 4.02. The van der Waals surface area contributed by atoms with Crippen molar-refractivity contribution in [2.24, 2.45) is 0 Å². The molecule has 0 unspecified atom stereocenters. The van der Waals surface area contributed by atoms with Crippen LogP contribution in [0.3, 0.4) is 0 Å². The number of rotatable bonds is 3. The van der Waals surface area contributed by atoms with E-state index in [0.29, 0.717) is 5.92 Å². The van der Waals surface area contributed by atoms with E-state index >= 15 is 0 Å². The zero-order valence-corrected chi connectivity index (χ0v) is 9.96. The summed E-state index contributed by atoms with van der Waals surface area (Å²) in [7, 11) is 4.16. The van der Waals surface area contributed by atoms with Gasteiger partial charge in [0.05, 0.1) is 0 Å². The Morgan fingerprint density at radius 2 is 1.93 bits per heavy atom. The summed E-state index contributed by atoms with van der Waals surface area (Å²) in [6.45, 7) is 5.37. The molecule has 72 valence electrons. The van der Waals surface area contributed by atoms with Crippen LogP contribution in [0.25, 0.3) is 0 Å². The Hall–Kier alpha value is -0.223. The third-order valence-corrected chi connectivity index (χ3v) is 1.99. The van der Waals surface area contributed by atoms with Crippen LogP contribution in [0.2, 0.25) is 0 Å². The van der Waals surface area contributed by atoms with Crippen molar-refractivity contribution in [3.05, 3.63) is 35.4 Å². The Morgan fingerprint density at radius 1 is 1.29 bits per heavy atom. The van der Waals surface area contributed by atoms with Gasteiger partial charge in [0.15, 0.2) is 0 Å². The second kappa shape index (κ2) is 6.30. The van der Waals surface area contributed by atoms with E-state index in [9.17, 15) is 0 Å².